The van der Waals surface area contributed by atoms with Crippen molar-refractivity contribution in [2.45, 2.75) is 34.2 Å². The minimum Gasteiger partial charge on any atom is -0.481 e. The first-order valence-corrected chi connectivity index (χ1v) is 6.92. The number of carboxylic acids is 1. The number of rotatable bonds is 3. The van der Waals surface area contributed by atoms with Crippen molar-refractivity contribution in [2.75, 3.05) is 13.1 Å². The van der Waals surface area contributed by atoms with Crippen LogP contribution >= 0.6 is 0 Å². The predicted molar refractivity (Wildman–Crippen MR) is 73.6 cm³/mol. The fraction of sp³-hybridized carbons (Fsp3) is 0.643. The van der Waals surface area contributed by atoms with Crippen molar-refractivity contribution in [1.29, 1.82) is 0 Å². The highest BCUT2D eigenvalue weighted by molar-refractivity contribution is 5.97. The first-order valence-electron chi connectivity index (χ1n) is 6.92. The predicted octanol–water partition coefficient (Wildman–Crippen LogP) is 1.31. The highest BCUT2D eigenvalue weighted by Crippen LogP contribution is 2.26. The third kappa shape index (κ3) is 2.30. The first-order chi connectivity index (χ1) is 9.36. The molecule has 0 saturated carbocycles. The van der Waals surface area contributed by atoms with Crippen LogP contribution in [0.5, 0.6) is 0 Å². The Labute approximate surface area is 118 Å². The molecule has 20 heavy (non-hydrogen) atoms. The Morgan fingerprint density at radius 2 is 2.00 bits per heavy atom. The number of hydrogen-bond donors (Lipinski definition) is 1. The maximum absolute atomic E-state index is 12.6. The van der Waals surface area contributed by atoms with Crippen LogP contribution in [0.3, 0.4) is 0 Å². The van der Waals surface area contributed by atoms with E-state index in [0.29, 0.717) is 24.3 Å². The van der Waals surface area contributed by atoms with Crippen LogP contribution < -0.4 is 0 Å². The Morgan fingerprint density at radius 1 is 1.35 bits per heavy atom. The molecule has 1 aliphatic heterocycles. The van der Waals surface area contributed by atoms with Crippen LogP contribution in [-0.2, 0) is 11.3 Å². The van der Waals surface area contributed by atoms with E-state index in [4.69, 9.17) is 5.11 Å². The zero-order valence-corrected chi connectivity index (χ0v) is 12.4. The van der Waals surface area contributed by atoms with Gasteiger partial charge in [-0.3, -0.25) is 14.3 Å². The number of likely N-dealkylation sites (tertiary alicyclic amines) is 1. The summed E-state index contributed by atoms with van der Waals surface area (Å²) in [6.07, 6.45) is 0. The standard InChI is InChI=1S/C14H21N3O3/c1-5-17-10(4)12(9(3)15-17)13(18)16-6-8(2)11(7-16)14(19)20/h8,11H,5-7H2,1-4H3,(H,19,20)/t8-,11-/m1/s1. The summed E-state index contributed by atoms with van der Waals surface area (Å²) in [5.74, 6) is -1.42. The molecule has 2 rings (SSSR count). The molecule has 0 unspecified atom stereocenters. The van der Waals surface area contributed by atoms with Gasteiger partial charge in [-0.25, -0.2) is 0 Å². The van der Waals surface area contributed by atoms with Gasteiger partial charge in [0.25, 0.3) is 5.91 Å². The number of aliphatic carboxylic acids is 1. The summed E-state index contributed by atoms with van der Waals surface area (Å²) in [4.78, 5) is 25.4. The van der Waals surface area contributed by atoms with Crippen LogP contribution in [0, 0.1) is 25.7 Å². The number of hydrogen-bond acceptors (Lipinski definition) is 3. The molecule has 110 valence electrons. The van der Waals surface area contributed by atoms with Crippen LogP contribution in [0.25, 0.3) is 0 Å². The molecule has 0 aliphatic carbocycles. The van der Waals surface area contributed by atoms with Gasteiger partial charge in [0.2, 0.25) is 0 Å². The van der Waals surface area contributed by atoms with Gasteiger partial charge in [0.05, 0.1) is 17.2 Å². The van der Waals surface area contributed by atoms with Gasteiger partial charge in [0.1, 0.15) is 0 Å². The van der Waals surface area contributed by atoms with E-state index in [2.05, 4.69) is 5.10 Å². The molecule has 1 N–H and O–H groups in total. The highest BCUT2D eigenvalue weighted by atomic mass is 16.4. The minimum atomic E-state index is -0.828. The highest BCUT2D eigenvalue weighted by Gasteiger charge is 2.38. The van der Waals surface area contributed by atoms with Gasteiger partial charge in [0.15, 0.2) is 0 Å². The van der Waals surface area contributed by atoms with Crippen molar-refractivity contribution in [3.8, 4) is 0 Å². The van der Waals surface area contributed by atoms with Crippen LogP contribution in [-0.4, -0.2) is 44.8 Å². The molecule has 0 bridgehead atoms. The Bertz CT molecular complexity index is 550. The van der Waals surface area contributed by atoms with E-state index in [1.54, 1.807) is 9.58 Å². The molecule has 1 fully saturated rings. The van der Waals surface area contributed by atoms with Crippen molar-refractivity contribution >= 4 is 11.9 Å². The molecular weight excluding hydrogens is 258 g/mol. The van der Waals surface area contributed by atoms with E-state index in [0.717, 1.165) is 5.69 Å². The number of aryl methyl sites for hydroxylation is 2. The number of amides is 1. The molecule has 2 atom stereocenters. The molecule has 6 nitrogen and oxygen atoms in total. The second kappa shape index (κ2) is 5.26. The van der Waals surface area contributed by atoms with Gasteiger partial charge < -0.3 is 10.0 Å². The summed E-state index contributed by atoms with van der Waals surface area (Å²) in [7, 11) is 0. The van der Waals surface area contributed by atoms with Crippen molar-refractivity contribution in [3.63, 3.8) is 0 Å². The molecular formula is C14H21N3O3. The largest absolute Gasteiger partial charge is 0.481 e. The quantitative estimate of drug-likeness (QED) is 0.905. The summed E-state index contributed by atoms with van der Waals surface area (Å²) in [5.41, 5.74) is 2.17. The van der Waals surface area contributed by atoms with Gasteiger partial charge in [-0.2, -0.15) is 5.10 Å². The Morgan fingerprint density at radius 3 is 2.45 bits per heavy atom. The summed E-state index contributed by atoms with van der Waals surface area (Å²) in [6, 6.07) is 0. The van der Waals surface area contributed by atoms with Crippen molar-refractivity contribution in [2.24, 2.45) is 11.8 Å². The summed E-state index contributed by atoms with van der Waals surface area (Å²) >= 11 is 0. The van der Waals surface area contributed by atoms with Crippen LogP contribution in [0.4, 0.5) is 0 Å². The van der Waals surface area contributed by atoms with Gasteiger partial charge in [0, 0.05) is 25.3 Å². The number of aromatic nitrogens is 2. The van der Waals surface area contributed by atoms with Crippen LogP contribution in [0.15, 0.2) is 0 Å². The first kappa shape index (κ1) is 14.6. The van der Waals surface area contributed by atoms with E-state index in [-0.39, 0.29) is 18.4 Å². The molecule has 1 aliphatic rings. The summed E-state index contributed by atoms with van der Waals surface area (Å²) in [6.45, 7) is 9.05. The van der Waals surface area contributed by atoms with Crippen molar-refractivity contribution in [3.05, 3.63) is 17.0 Å². The minimum absolute atomic E-state index is 0.0155. The molecule has 0 aromatic carbocycles. The van der Waals surface area contributed by atoms with Gasteiger partial charge in [-0.05, 0) is 26.7 Å². The van der Waals surface area contributed by atoms with E-state index in [9.17, 15) is 9.59 Å². The lowest BCUT2D eigenvalue weighted by atomic mass is 9.99. The van der Waals surface area contributed by atoms with Crippen molar-refractivity contribution in [1.82, 2.24) is 14.7 Å². The van der Waals surface area contributed by atoms with Gasteiger partial charge in [-0.1, -0.05) is 6.92 Å². The topological polar surface area (TPSA) is 75.4 Å². The van der Waals surface area contributed by atoms with Crippen LogP contribution in [0.2, 0.25) is 0 Å². The molecule has 1 aromatic rings. The smallest absolute Gasteiger partial charge is 0.308 e. The van der Waals surface area contributed by atoms with E-state index >= 15 is 0 Å². The lowest BCUT2D eigenvalue weighted by Crippen LogP contribution is -2.30. The molecule has 0 radical (unpaired) electrons. The van der Waals surface area contributed by atoms with E-state index < -0.39 is 11.9 Å². The number of carbonyl (C=O) groups excluding carboxylic acids is 1. The fourth-order valence-corrected chi connectivity index (χ4v) is 2.93. The zero-order chi connectivity index (χ0) is 15.0. The van der Waals surface area contributed by atoms with Crippen molar-refractivity contribution < 1.29 is 14.7 Å². The second-order valence-electron chi connectivity index (χ2n) is 5.49. The summed E-state index contributed by atoms with van der Waals surface area (Å²) in [5, 5.41) is 13.5. The zero-order valence-electron chi connectivity index (χ0n) is 12.4. The monoisotopic (exact) mass is 279 g/mol. The van der Waals surface area contributed by atoms with E-state index in [1.165, 1.54) is 0 Å². The van der Waals surface area contributed by atoms with Crippen LogP contribution in [0.1, 0.15) is 35.6 Å². The summed E-state index contributed by atoms with van der Waals surface area (Å²) < 4.78 is 1.80. The molecule has 1 amide bonds. The average Bonchev–Trinajstić information content (AvgIpc) is 2.89. The molecule has 6 heteroatoms. The van der Waals surface area contributed by atoms with Gasteiger partial charge in [-0.15, -0.1) is 0 Å². The number of carbonyl (C=O) groups is 2. The molecule has 1 saturated heterocycles. The Kier molecular flexibility index (Phi) is 3.83. The SMILES string of the molecule is CCn1nc(C)c(C(=O)N2C[C@@H](C)[C@H](C(=O)O)C2)c1C. The Hall–Kier alpha value is -1.85. The lowest BCUT2D eigenvalue weighted by Gasteiger charge is -2.16. The number of nitrogens with zero attached hydrogens (tertiary/aromatic N) is 3. The maximum Gasteiger partial charge on any atom is 0.308 e. The molecule has 2 heterocycles. The second-order valence-corrected chi connectivity index (χ2v) is 5.49. The third-order valence-corrected chi connectivity index (χ3v) is 4.11. The normalized spacial score (nSPS) is 22.3. The Balaban J connectivity index is 2.25. The maximum atomic E-state index is 12.6. The third-order valence-electron chi connectivity index (χ3n) is 4.11. The van der Waals surface area contributed by atoms with E-state index in [1.807, 2.05) is 27.7 Å². The molecule has 0 spiro atoms. The average molecular weight is 279 g/mol. The lowest BCUT2D eigenvalue weighted by molar-refractivity contribution is -0.142. The molecule has 1 aromatic heterocycles. The fourth-order valence-electron chi connectivity index (χ4n) is 2.93. The van der Waals surface area contributed by atoms with Gasteiger partial charge >= 0.3 is 5.97 Å². The number of carboxylic acid groups (broad SMARTS) is 1.